The molecular formula is C28H38O5S. The summed E-state index contributed by atoms with van der Waals surface area (Å²) in [6, 6.07) is 9.65. The predicted octanol–water partition coefficient (Wildman–Crippen LogP) is 5.12. The van der Waals surface area contributed by atoms with Crippen LogP contribution in [0.4, 0.5) is 0 Å². The molecule has 0 aromatic heterocycles. The van der Waals surface area contributed by atoms with Crippen LogP contribution in [0.3, 0.4) is 0 Å². The molecule has 3 N–H and O–H groups in total. The van der Waals surface area contributed by atoms with Gasteiger partial charge in [0.05, 0.1) is 17.6 Å². The van der Waals surface area contributed by atoms with Crippen molar-refractivity contribution in [2.75, 3.05) is 13.2 Å². The van der Waals surface area contributed by atoms with Gasteiger partial charge in [0.2, 0.25) is 0 Å². The van der Waals surface area contributed by atoms with Gasteiger partial charge in [0, 0.05) is 17.4 Å². The molecule has 3 rings (SSSR count). The molecule has 0 heterocycles. The topological polar surface area (TPSA) is 87.0 Å². The fourth-order valence-electron chi connectivity index (χ4n) is 4.45. The van der Waals surface area contributed by atoms with E-state index in [0.717, 1.165) is 25.0 Å². The lowest BCUT2D eigenvalue weighted by atomic mass is 9.90. The van der Waals surface area contributed by atoms with Crippen LogP contribution in [0.25, 0.3) is 0 Å². The van der Waals surface area contributed by atoms with Gasteiger partial charge in [0.15, 0.2) is 5.78 Å². The second-order valence-electron chi connectivity index (χ2n) is 9.16. The van der Waals surface area contributed by atoms with Crippen LogP contribution in [0.1, 0.15) is 64.2 Å². The van der Waals surface area contributed by atoms with Gasteiger partial charge in [-0.15, -0.1) is 11.8 Å². The van der Waals surface area contributed by atoms with Crippen LogP contribution in [0.5, 0.6) is 5.75 Å². The van der Waals surface area contributed by atoms with Gasteiger partial charge in [0.25, 0.3) is 0 Å². The van der Waals surface area contributed by atoms with E-state index in [9.17, 15) is 15.0 Å². The minimum absolute atomic E-state index is 0.0316. The lowest BCUT2D eigenvalue weighted by molar-refractivity contribution is -0.112. The molecule has 186 valence electrons. The number of Topliss-reactive ketones (excluding diaryl/α,β-unsaturated/α-hetero) is 1. The first kappa shape index (κ1) is 26.7. The first-order valence-electron chi connectivity index (χ1n) is 12.5. The second kappa shape index (κ2) is 13.9. The Morgan fingerprint density at radius 2 is 1.88 bits per heavy atom. The highest BCUT2D eigenvalue weighted by atomic mass is 32.2. The van der Waals surface area contributed by atoms with Crippen molar-refractivity contribution in [3.8, 4) is 5.75 Å². The summed E-state index contributed by atoms with van der Waals surface area (Å²) < 4.78 is 5.76. The normalized spacial score (nSPS) is 23.6. The number of para-hydroxylation sites is 1. The number of benzene rings is 1. The summed E-state index contributed by atoms with van der Waals surface area (Å²) in [7, 11) is 0. The molecule has 0 spiro atoms. The summed E-state index contributed by atoms with van der Waals surface area (Å²) in [4.78, 5) is 13.9. The third kappa shape index (κ3) is 8.12. The molecule has 0 bridgehead atoms. The standard InChI is InChI=1S/C28H38O5S/c29-19-10-12-22(30)11-9-17-25-27(31)26(34-24-15-5-2-6-16-24)21-28(25,32)18-7-8-20-33-23-13-3-1-4-14-23/h1,3-4,9,11,13-14,17,21-22,24,29-30,32H,2,5-8,10,12,15-16,18-20H2/b11-9+,25-17-. The maximum Gasteiger partial charge on any atom is 0.198 e. The quantitative estimate of drug-likeness (QED) is 0.265. The van der Waals surface area contributed by atoms with Crippen molar-refractivity contribution in [1.29, 1.82) is 0 Å². The Bertz CT molecular complexity index is 857. The summed E-state index contributed by atoms with van der Waals surface area (Å²) in [5, 5.41) is 30.9. The van der Waals surface area contributed by atoms with Gasteiger partial charge >= 0.3 is 0 Å². The van der Waals surface area contributed by atoms with Gasteiger partial charge in [-0.1, -0.05) is 55.7 Å². The van der Waals surface area contributed by atoms with Gasteiger partial charge in [-0.25, -0.2) is 0 Å². The van der Waals surface area contributed by atoms with Gasteiger partial charge in [-0.3, -0.25) is 4.79 Å². The highest BCUT2D eigenvalue weighted by Crippen LogP contribution is 2.43. The molecule has 2 unspecified atom stereocenters. The molecule has 34 heavy (non-hydrogen) atoms. The number of ketones is 1. The van der Waals surface area contributed by atoms with E-state index in [2.05, 4.69) is 0 Å². The molecule has 1 saturated carbocycles. The number of allylic oxidation sites excluding steroid dienone is 3. The van der Waals surface area contributed by atoms with Crippen LogP contribution >= 0.6 is 11.8 Å². The largest absolute Gasteiger partial charge is 0.494 e. The Kier molecular flexibility index (Phi) is 10.9. The highest BCUT2D eigenvalue weighted by Gasteiger charge is 2.42. The molecule has 1 fully saturated rings. The number of aliphatic hydroxyl groups is 3. The van der Waals surface area contributed by atoms with E-state index in [-0.39, 0.29) is 12.4 Å². The van der Waals surface area contributed by atoms with Crippen LogP contribution in [-0.2, 0) is 4.79 Å². The van der Waals surface area contributed by atoms with Crippen molar-refractivity contribution in [3.63, 3.8) is 0 Å². The molecule has 6 heteroatoms. The van der Waals surface area contributed by atoms with E-state index in [0.29, 0.717) is 48.0 Å². The van der Waals surface area contributed by atoms with Gasteiger partial charge < -0.3 is 20.1 Å². The van der Waals surface area contributed by atoms with E-state index >= 15 is 0 Å². The van der Waals surface area contributed by atoms with Crippen molar-refractivity contribution in [2.24, 2.45) is 0 Å². The monoisotopic (exact) mass is 486 g/mol. The average Bonchev–Trinajstić information content (AvgIpc) is 3.08. The van der Waals surface area contributed by atoms with Crippen LogP contribution < -0.4 is 4.74 Å². The third-order valence-electron chi connectivity index (χ3n) is 6.37. The van der Waals surface area contributed by atoms with Gasteiger partial charge in [-0.05, 0) is 63.2 Å². The third-order valence-corrected chi connectivity index (χ3v) is 7.73. The number of hydrogen-bond donors (Lipinski definition) is 3. The first-order chi connectivity index (χ1) is 16.5. The SMILES string of the molecule is O=C1C(SC2CCCCC2)=CC(O)(CCCCOc2ccccc2)/C1=C\C=C\C(O)CCCO. The zero-order valence-electron chi connectivity index (χ0n) is 19.9. The van der Waals surface area contributed by atoms with Crippen molar-refractivity contribution in [1.82, 2.24) is 0 Å². The second-order valence-corrected chi connectivity index (χ2v) is 10.5. The Morgan fingerprint density at radius 3 is 2.62 bits per heavy atom. The van der Waals surface area contributed by atoms with Crippen molar-refractivity contribution < 1.29 is 24.9 Å². The molecule has 0 radical (unpaired) electrons. The summed E-state index contributed by atoms with van der Waals surface area (Å²) >= 11 is 1.62. The number of thioether (sulfide) groups is 1. The Balaban J connectivity index is 1.63. The van der Waals surface area contributed by atoms with Gasteiger partial charge in [0.1, 0.15) is 11.4 Å². The maximum absolute atomic E-state index is 13.2. The van der Waals surface area contributed by atoms with E-state index in [1.54, 1.807) is 36.1 Å². The van der Waals surface area contributed by atoms with Crippen LogP contribution in [0.2, 0.25) is 0 Å². The van der Waals surface area contributed by atoms with E-state index in [1.807, 2.05) is 30.3 Å². The molecule has 2 aliphatic rings. The van der Waals surface area contributed by atoms with Gasteiger partial charge in [-0.2, -0.15) is 0 Å². The van der Waals surface area contributed by atoms with Crippen molar-refractivity contribution in [3.05, 3.63) is 65.1 Å². The van der Waals surface area contributed by atoms with E-state index < -0.39 is 11.7 Å². The Labute approximate surface area is 207 Å². The zero-order chi connectivity index (χ0) is 24.2. The maximum atomic E-state index is 13.2. The van der Waals surface area contributed by atoms with Crippen LogP contribution in [0, 0.1) is 0 Å². The number of carbonyl (C=O) groups is 1. The number of aliphatic hydroxyl groups excluding tert-OH is 2. The molecule has 0 amide bonds. The average molecular weight is 487 g/mol. The summed E-state index contributed by atoms with van der Waals surface area (Å²) in [5.74, 6) is 0.724. The molecule has 5 nitrogen and oxygen atoms in total. The Morgan fingerprint density at radius 1 is 1.12 bits per heavy atom. The van der Waals surface area contributed by atoms with Crippen molar-refractivity contribution >= 4 is 17.5 Å². The van der Waals surface area contributed by atoms with E-state index in [4.69, 9.17) is 9.84 Å². The minimum Gasteiger partial charge on any atom is -0.494 e. The predicted molar refractivity (Wildman–Crippen MR) is 138 cm³/mol. The first-order valence-corrected chi connectivity index (χ1v) is 13.4. The smallest absolute Gasteiger partial charge is 0.198 e. The molecule has 0 aliphatic heterocycles. The number of rotatable bonds is 13. The lowest BCUT2D eigenvalue weighted by Gasteiger charge is -2.22. The van der Waals surface area contributed by atoms with E-state index in [1.165, 1.54) is 19.3 Å². The number of carbonyl (C=O) groups excluding carboxylic acids is 1. The fraction of sp³-hybridized carbons (Fsp3) is 0.536. The molecular weight excluding hydrogens is 448 g/mol. The summed E-state index contributed by atoms with van der Waals surface area (Å²) in [6.07, 6.45) is 14.8. The number of ether oxygens (including phenoxy) is 1. The highest BCUT2D eigenvalue weighted by molar-refractivity contribution is 8.04. The molecule has 1 aromatic carbocycles. The molecule has 1 aromatic rings. The van der Waals surface area contributed by atoms with Crippen LogP contribution in [0.15, 0.2) is 65.1 Å². The molecule has 0 saturated heterocycles. The molecule has 2 atom stereocenters. The Hall–Kier alpha value is -1.86. The van der Waals surface area contributed by atoms with Crippen molar-refractivity contribution in [2.45, 2.75) is 81.2 Å². The van der Waals surface area contributed by atoms with Crippen LogP contribution in [-0.4, -0.2) is 51.3 Å². The summed E-state index contributed by atoms with van der Waals surface area (Å²) in [6.45, 7) is 0.585. The fourth-order valence-corrected chi connectivity index (χ4v) is 5.85. The summed E-state index contributed by atoms with van der Waals surface area (Å²) in [5.41, 5.74) is -0.929. The molecule has 2 aliphatic carbocycles. The number of hydrogen-bond acceptors (Lipinski definition) is 6. The zero-order valence-corrected chi connectivity index (χ0v) is 20.7. The minimum atomic E-state index is -1.30. The number of unbranched alkanes of at least 4 members (excludes halogenated alkanes) is 1. The lowest BCUT2D eigenvalue weighted by Crippen LogP contribution is -2.28.